The first kappa shape index (κ1) is 9.77. The van der Waals surface area contributed by atoms with E-state index in [1.54, 1.807) is 13.4 Å². The number of hydrogen-bond acceptors (Lipinski definition) is 3. The van der Waals surface area contributed by atoms with E-state index < -0.39 is 0 Å². The van der Waals surface area contributed by atoms with Gasteiger partial charge in [-0.15, -0.1) is 0 Å². The van der Waals surface area contributed by atoms with Crippen LogP contribution in [0.3, 0.4) is 0 Å². The van der Waals surface area contributed by atoms with Gasteiger partial charge in [-0.25, -0.2) is 0 Å². The van der Waals surface area contributed by atoms with E-state index in [-0.39, 0.29) is 6.10 Å². The summed E-state index contributed by atoms with van der Waals surface area (Å²) in [6, 6.07) is 10.0. The van der Waals surface area contributed by atoms with E-state index in [0.29, 0.717) is 0 Å². The zero-order valence-electron chi connectivity index (χ0n) is 8.59. The third-order valence-corrected chi connectivity index (χ3v) is 2.23. The molecule has 0 saturated carbocycles. The Morgan fingerprint density at radius 3 is 2.93 bits per heavy atom. The van der Waals surface area contributed by atoms with Crippen molar-refractivity contribution in [1.82, 2.24) is 0 Å². The Balaban J connectivity index is 2.01. The molecule has 1 aliphatic heterocycles. The number of hydrogen-bond donors (Lipinski definition) is 0. The normalized spacial score (nSPS) is 20.1. The van der Waals surface area contributed by atoms with Crippen molar-refractivity contribution < 1.29 is 9.57 Å². The highest BCUT2D eigenvalue weighted by molar-refractivity contribution is 6.01. The molecule has 3 heteroatoms. The minimum absolute atomic E-state index is 0.000145. The summed E-state index contributed by atoms with van der Waals surface area (Å²) in [6.45, 7) is 0. The fourth-order valence-corrected chi connectivity index (χ4v) is 1.47. The number of rotatable bonds is 3. The van der Waals surface area contributed by atoms with Crippen LogP contribution in [0.1, 0.15) is 12.0 Å². The van der Waals surface area contributed by atoms with Crippen molar-refractivity contribution in [2.45, 2.75) is 12.5 Å². The lowest BCUT2D eigenvalue weighted by molar-refractivity contribution is 0.117. The first-order chi connectivity index (χ1) is 7.40. The second-order valence-electron chi connectivity index (χ2n) is 3.32. The van der Waals surface area contributed by atoms with Gasteiger partial charge in [-0.2, -0.15) is 0 Å². The maximum absolute atomic E-state index is 5.24. The Morgan fingerprint density at radius 2 is 2.20 bits per heavy atom. The van der Waals surface area contributed by atoms with Crippen molar-refractivity contribution in [1.29, 1.82) is 0 Å². The lowest BCUT2D eigenvalue weighted by Gasteiger charge is -2.00. The minimum Gasteiger partial charge on any atom is -0.505 e. The first-order valence-electron chi connectivity index (χ1n) is 4.87. The van der Waals surface area contributed by atoms with Crippen molar-refractivity contribution in [2.75, 3.05) is 7.11 Å². The van der Waals surface area contributed by atoms with Gasteiger partial charge in [0.1, 0.15) is 0 Å². The summed E-state index contributed by atoms with van der Waals surface area (Å²) >= 11 is 0. The molecule has 78 valence electrons. The van der Waals surface area contributed by atoms with Crippen LogP contribution in [0, 0.1) is 0 Å². The molecule has 1 atom stereocenters. The second kappa shape index (κ2) is 4.64. The Kier molecular flexibility index (Phi) is 3.02. The number of methoxy groups -OCH3 is 1. The molecule has 0 radical (unpaired) electrons. The first-order valence-corrected chi connectivity index (χ1v) is 4.87. The van der Waals surface area contributed by atoms with Crippen molar-refractivity contribution in [2.24, 2.45) is 5.16 Å². The Labute approximate surface area is 89.0 Å². The fraction of sp³-hybridized carbons (Fsp3) is 0.250. The van der Waals surface area contributed by atoms with E-state index in [0.717, 1.165) is 17.7 Å². The molecule has 0 spiro atoms. The minimum atomic E-state index is 0.000145. The molecule has 0 amide bonds. The standard InChI is InChI=1S/C12H13NO2/c1-14-8-7-11-9-12(13-15-11)10-5-3-2-4-6-10/h2-8,11H,9H2,1H3/b8-7+. The summed E-state index contributed by atoms with van der Waals surface area (Å²) in [4.78, 5) is 5.24. The zero-order chi connectivity index (χ0) is 10.5. The lowest BCUT2D eigenvalue weighted by atomic mass is 10.1. The molecule has 1 aliphatic rings. The molecule has 3 nitrogen and oxygen atoms in total. The Bertz CT molecular complexity index is 370. The van der Waals surface area contributed by atoms with E-state index >= 15 is 0 Å². The third kappa shape index (κ3) is 2.37. The third-order valence-electron chi connectivity index (χ3n) is 2.23. The highest BCUT2D eigenvalue weighted by atomic mass is 16.6. The van der Waals surface area contributed by atoms with Crippen LogP contribution in [-0.4, -0.2) is 18.9 Å². The largest absolute Gasteiger partial charge is 0.505 e. The average molecular weight is 203 g/mol. The van der Waals surface area contributed by atoms with Crippen LogP contribution in [0.4, 0.5) is 0 Å². The monoisotopic (exact) mass is 203 g/mol. The summed E-state index contributed by atoms with van der Waals surface area (Å²) in [5, 5.41) is 4.05. The predicted molar refractivity (Wildman–Crippen MR) is 58.6 cm³/mol. The number of ether oxygens (including phenoxy) is 1. The topological polar surface area (TPSA) is 30.8 Å². The van der Waals surface area contributed by atoms with Crippen LogP contribution in [0.15, 0.2) is 47.8 Å². The van der Waals surface area contributed by atoms with Crippen LogP contribution in [0.25, 0.3) is 0 Å². The molecule has 0 bridgehead atoms. The van der Waals surface area contributed by atoms with Crippen LogP contribution >= 0.6 is 0 Å². The van der Waals surface area contributed by atoms with Crippen molar-refractivity contribution in [3.8, 4) is 0 Å². The Hall–Kier alpha value is -1.77. The second-order valence-corrected chi connectivity index (χ2v) is 3.32. The summed E-state index contributed by atoms with van der Waals surface area (Å²) in [7, 11) is 1.62. The van der Waals surface area contributed by atoms with Gasteiger partial charge in [-0.05, 0) is 11.6 Å². The predicted octanol–water partition coefficient (Wildman–Crippen LogP) is 2.34. The number of benzene rings is 1. The highest BCUT2D eigenvalue weighted by Gasteiger charge is 2.19. The maximum atomic E-state index is 5.24. The molecule has 2 rings (SSSR count). The fourth-order valence-electron chi connectivity index (χ4n) is 1.47. The molecule has 1 unspecified atom stereocenters. The average Bonchev–Trinajstić information content (AvgIpc) is 2.76. The summed E-state index contributed by atoms with van der Waals surface area (Å²) < 4.78 is 4.83. The van der Waals surface area contributed by atoms with E-state index in [1.165, 1.54) is 0 Å². The van der Waals surface area contributed by atoms with E-state index in [1.807, 2.05) is 36.4 Å². The van der Waals surface area contributed by atoms with Crippen molar-refractivity contribution in [3.63, 3.8) is 0 Å². The smallest absolute Gasteiger partial charge is 0.154 e. The van der Waals surface area contributed by atoms with Crippen LogP contribution in [0.2, 0.25) is 0 Å². The van der Waals surface area contributed by atoms with Crippen LogP contribution in [0.5, 0.6) is 0 Å². The molecular formula is C12H13NO2. The van der Waals surface area contributed by atoms with Gasteiger partial charge in [0.2, 0.25) is 0 Å². The maximum Gasteiger partial charge on any atom is 0.154 e. The summed E-state index contributed by atoms with van der Waals surface area (Å²) in [5.74, 6) is 0. The molecule has 0 saturated heterocycles. The van der Waals surface area contributed by atoms with Gasteiger partial charge < -0.3 is 9.57 Å². The Morgan fingerprint density at radius 1 is 1.40 bits per heavy atom. The SMILES string of the molecule is CO/C=C/C1CC(c2ccccc2)=NO1. The van der Waals surface area contributed by atoms with Crippen LogP contribution < -0.4 is 0 Å². The van der Waals surface area contributed by atoms with Gasteiger partial charge >= 0.3 is 0 Å². The highest BCUT2D eigenvalue weighted by Crippen LogP contribution is 2.17. The molecule has 0 aromatic heterocycles. The van der Waals surface area contributed by atoms with E-state index in [2.05, 4.69) is 5.16 Å². The van der Waals surface area contributed by atoms with Crippen molar-refractivity contribution in [3.05, 3.63) is 48.2 Å². The molecule has 0 fully saturated rings. The van der Waals surface area contributed by atoms with Crippen LogP contribution in [-0.2, 0) is 9.57 Å². The molecule has 1 aromatic rings. The van der Waals surface area contributed by atoms with Gasteiger partial charge in [-0.3, -0.25) is 0 Å². The van der Waals surface area contributed by atoms with Gasteiger partial charge in [0.15, 0.2) is 6.10 Å². The molecular weight excluding hydrogens is 190 g/mol. The van der Waals surface area contributed by atoms with Gasteiger partial charge in [0.05, 0.1) is 19.1 Å². The number of nitrogens with zero attached hydrogens (tertiary/aromatic N) is 1. The lowest BCUT2D eigenvalue weighted by Crippen LogP contribution is -2.04. The van der Waals surface area contributed by atoms with E-state index in [4.69, 9.17) is 9.57 Å². The molecule has 15 heavy (non-hydrogen) atoms. The van der Waals surface area contributed by atoms with Gasteiger partial charge in [0, 0.05) is 6.42 Å². The summed E-state index contributed by atoms with van der Waals surface area (Å²) in [6.07, 6.45) is 4.28. The van der Waals surface area contributed by atoms with Gasteiger partial charge in [-0.1, -0.05) is 35.5 Å². The zero-order valence-corrected chi connectivity index (χ0v) is 8.59. The van der Waals surface area contributed by atoms with E-state index in [9.17, 15) is 0 Å². The quantitative estimate of drug-likeness (QED) is 0.706. The molecule has 1 aromatic carbocycles. The number of oxime groups is 1. The molecule has 1 heterocycles. The molecule has 0 N–H and O–H groups in total. The van der Waals surface area contributed by atoms with Gasteiger partial charge in [0.25, 0.3) is 0 Å². The molecule has 0 aliphatic carbocycles. The van der Waals surface area contributed by atoms with Crippen molar-refractivity contribution >= 4 is 5.71 Å². The summed E-state index contributed by atoms with van der Waals surface area (Å²) in [5.41, 5.74) is 2.10.